The average Bonchev–Trinajstić information content (AvgIpc) is 3.04. The smallest absolute Gasteiger partial charge is 0.277 e. The van der Waals surface area contributed by atoms with Crippen molar-refractivity contribution >= 4 is 39.3 Å². The van der Waals surface area contributed by atoms with Crippen LogP contribution in [0.5, 0.6) is 5.75 Å². The van der Waals surface area contributed by atoms with Crippen LogP contribution in [-0.2, 0) is 4.79 Å². The van der Waals surface area contributed by atoms with Gasteiger partial charge >= 0.3 is 0 Å². The number of aromatic hydroxyl groups is 1. The number of para-hydroxylation sites is 2. The molecule has 0 aliphatic heterocycles. The molecule has 0 aliphatic carbocycles. The number of nitrogens with zero attached hydrogens (tertiary/aromatic N) is 2. The second-order valence-corrected chi connectivity index (χ2v) is 6.49. The molecule has 0 saturated heterocycles. The summed E-state index contributed by atoms with van der Waals surface area (Å²) >= 11 is 4.55. The van der Waals surface area contributed by atoms with Gasteiger partial charge in [-0.05, 0) is 40.2 Å². The summed E-state index contributed by atoms with van der Waals surface area (Å²) in [7, 11) is 0. The fourth-order valence-corrected chi connectivity index (χ4v) is 2.92. The molecule has 0 aliphatic rings. The van der Waals surface area contributed by atoms with E-state index in [-0.39, 0.29) is 17.4 Å². The van der Waals surface area contributed by atoms with Gasteiger partial charge in [0, 0.05) is 4.47 Å². The Hall–Kier alpha value is -2.32. The van der Waals surface area contributed by atoms with E-state index in [1.165, 1.54) is 6.07 Å². The zero-order valence-corrected chi connectivity index (χ0v) is 14.7. The third kappa shape index (κ3) is 3.95. The van der Waals surface area contributed by atoms with Gasteiger partial charge in [-0.3, -0.25) is 4.79 Å². The number of hydrogen-bond acceptors (Lipinski definition) is 6. The number of carbonyl (C=O) groups is 1. The van der Waals surface area contributed by atoms with Gasteiger partial charge in [-0.2, -0.15) is 0 Å². The van der Waals surface area contributed by atoms with Gasteiger partial charge < -0.3 is 14.8 Å². The van der Waals surface area contributed by atoms with E-state index in [9.17, 15) is 9.90 Å². The van der Waals surface area contributed by atoms with Crippen LogP contribution in [0, 0.1) is 0 Å². The molecule has 0 radical (unpaired) electrons. The summed E-state index contributed by atoms with van der Waals surface area (Å²) in [4.78, 5) is 11.9. The number of thioether (sulfide) groups is 1. The number of nitrogens with one attached hydrogen (secondary N) is 1. The molecule has 1 amide bonds. The number of rotatable bonds is 5. The van der Waals surface area contributed by atoms with Crippen LogP contribution in [-0.4, -0.2) is 27.0 Å². The number of amides is 1. The van der Waals surface area contributed by atoms with Crippen LogP contribution in [0.15, 0.2) is 62.6 Å². The highest BCUT2D eigenvalue weighted by molar-refractivity contribution is 9.10. The number of benzene rings is 2. The van der Waals surface area contributed by atoms with E-state index in [4.69, 9.17) is 4.42 Å². The second-order valence-electron chi connectivity index (χ2n) is 4.71. The molecule has 122 valence electrons. The van der Waals surface area contributed by atoms with Crippen LogP contribution < -0.4 is 5.32 Å². The molecule has 0 unspecified atom stereocenters. The van der Waals surface area contributed by atoms with Crippen molar-refractivity contribution in [1.82, 2.24) is 10.2 Å². The number of phenolic OH excluding ortho intramolecular Hbond substituents is 1. The van der Waals surface area contributed by atoms with Crippen molar-refractivity contribution in [1.29, 1.82) is 0 Å². The molecule has 0 fully saturated rings. The van der Waals surface area contributed by atoms with Crippen LogP contribution in [0.25, 0.3) is 11.5 Å². The molecule has 2 N–H and O–H groups in total. The van der Waals surface area contributed by atoms with Crippen LogP contribution in [0.1, 0.15) is 0 Å². The molecule has 8 heteroatoms. The lowest BCUT2D eigenvalue weighted by atomic mass is 10.2. The Morgan fingerprint density at radius 1 is 1.17 bits per heavy atom. The standard InChI is InChI=1S/C16H12BrN3O3S/c17-11-6-2-1-5-10(11)15-19-20-16(23-15)24-9-14(22)18-12-7-3-4-8-13(12)21/h1-8,21H,9H2,(H,18,22). The molecule has 0 atom stereocenters. The van der Waals surface area contributed by atoms with E-state index >= 15 is 0 Å². The molecule has 3 rings (SSSR count). The number of anilines is 1. The Kier molecular flexibility index (Phi) is 5.17. The van der Waals surface area contributed by atoms with Gasteiger partial charge in [0.25, 0.3) is 5.22 Å². The van der Waals surface area contributed by atoms with Crippen molar-refractivity contribution < 1.29 is 14.3 Å². The minimum absolute atomic E-state index is 0.0184. The maximum Gasteiger partial charge on any atom is 0.277 e. The van der Waals surface area contributed by atoms with E-state index < -0.39 is 0 Å². The van der Waals surface area contributed by atoms with Gasteiger partial charge in [0.05, 0.1) is 17.0 Å². The molecule has 3 aromatic rings. The van der Waals surface area contributed by atoms with Crippen LogP contribution in [0.2, 0.25) is 0 Å². The maximum absolute atomic E-state index is 11.9. The molecule has 1 heterocycles. The quantitative estimate of drug-likeness (QED) is 0.493. The fraction of sp³-hybridized carbons (Fsp3) is 0.0625. The molecular formula is C16H12BrN3O3S. The first kappa shape index (κ1) is 16.5. The van der Waals surface area contributed by atoms with Crippen LogP contribution >= 0.6 is 27.7 Å². The largest absolute Gasteiger partial charge is 0.506 e. The van der Waals surface area contributed by atoms with Gasteiger partial charge in [-0.25, -0.2) is 0 Å². The second kappa shape index (κ2) is 7.50. The van der Waals surface area contributed by atoms with Crippen molar-refractivity contribution in [2.75, 3.05) is 11.1 Å². The minimum Gasteiger partial charge on any atom is -0.506 e. The topological polar surface area (TPSA) is 88.2 Å². The van der Waals surface area contributed by atoms with Crippen molar-refractivity contribution in [3.05, 3.63) is 53.0 Å². The van der Waals surface area contributed by atoms with Gasteiger partial charge in [-0.1, -0.05) is 36.0 Å². The first-order chi connectivity index (χ1) is 11.6. The third-order valence-electron chi connectivity index (χ3n) is 3.02. The summed E-state index contributed by atoms with van der Waals surface area (Å²) in [6, 6.07) is 14.0. The van der Waals surface area contributed by atoms with Gasteiger partial charge in [-0.15, -0.1) is 10.2 Å². The highest BCUT2D eigenvalue weighted by Gasteiger charge is 2.13. The number of hydrogen-bond donors (Lipinski definition) is 2. The number of halogens is 1. The molecule has 1 aromatic heterocycles. The summed E-state index contributed by atoms with van der Waals surface area (Å²) < 4.78 is 6.41. The first-order valence-corrected chi connectivity index (χ1v) is 8.70. The van der Waals surface area contributed by atoms with Gasteiger partial charge in [0.15, 0.2) is 0 Å². The number of aromatic nitrogens is 2. The van der Waals surface area contributed by atoms with Crippen molar-refractivity contribution in [2.24, 2.45) is 0 Å². The lowest BCUT2D eigenvalue weighted by molar-refractivity contribution is -0.113. The Bertz CT molecular complexity index is 869. The zero-order valence-electron chi connectivity index (χ0n) is 12.3. The predicted molar refractivity (Wildman–Crippen MR) is 94.9 cm³/mol. The van der Waals surface area contributed by atoms with E-state index in [0.29, 0.717) is 16.8 Å². The third-order valence-corrected chi connectivity index (χ3v) is 4.53. The molecule has 24 heavy (non-hydrogen) atoms. The maximum atomic E-state index is 11.9. The molecule has 0 spiro atoms. The van der Waals surface area contributed by atoms with E-state index in [1.807, 2.05) is 24.3 Å². The first-order valence-electron chi connectivity index (χ1n) is 6.92. The van der Waals surface area contributed by atoms with Gasteiger partial charge in [0.1, 0.15) is 5.75 Å². The highest BCUT2D eigenvalue weighted by Crippen LogP contribution is 2.29. The SMILES string of the molecule is O=C(CSc1nnc(-c2ccccc2Br)o1)Nc1ccccc1O. The summed E-state index contributed by atoms with van der Waals surface area (Å²) in [6.07, 6.45) is 0. The summed E-state index contributed by atoms with van der Waals surface area (Å²) in [5, 5.41) is 20.5. The Balaban J connectivity index is 1.61. The number of phenols is 1. The van der Waals surface area contributed by atoms with Crippen molar-refractivity contribution in [3.8, 4) is 17.2 Å². The fourth-order valence-electron chi connectivity index (χ4n) is 1.90. The highest BCUT2D eigenvalue weighted by atomic mass is 79.9. The molecular weight excluding hydrogens is 394 g/mol. The predicted octanol–water partition coefficient (Wildman–Crippen LogP) is 3.94. The van der Waals surface area contributed by atoms with Crippen molar-refractivity contribution in [2.45, 2.75) is 5.22 Å². The monoisotopic (exact) mass is 405 g/mol. The molecule has 2 aromatic carbocycles. The Morgan fingerprint density at radius 3 is 2.71 bits per heavy atom. The molecule has 0 bridgehead atoms. The minimum atomic E-state index is -0.276. The van der Waals surface area contributed by atoms with Crippen LogP contribution in [0.3, 0.4) is 0 Å². The van der Waals surface area contributed by atoms with Gasteiger partial charge in [0.2, 0.25) is 11.8 Å². The Morgan fingerprint density at radius 2 is 1.92 bits per heavy atom. The van der Waals surface area contributed by atoms with Crippen molar-refractivity contribution in [3.63, 3.8) is 0 Å². The lowest BCUT2D eigenvalue weighted by Gasteiger charge is -2.05. The van der Waals surface area contributed by atoms with Crippen LogP contribution in [0.4, 0.5) is 5.69 Å². The Labute approximate surface area is 150 Å². The molecule has 0 saturated carbocycles. The summed E-state index contributed by atoms with van der Waals surface area (Å²) in [6.45, 7) is 0. The normalized spacial score (nSPS) is 10.5. The average molecular weight is 406 g/mol. The summed E-state index contributed by atoms with van der Waals surface area (Å²) in [5.74, 6) is 0.212. The van der Waals surface area contributed by atoms with E-state index in [2.05, 4.69) is 31.4 Å². The summed E-state index contributed by atoms with van der Waals surface area (Å²) in [5.41, 5.74) is 1.15. The lowest BCUT2D eigenvalue weighted by Crippen LogP contribution is -2.14. The van der Waals surface area contributed by atoms with E-state index in [0.717, 1.165) is 21.8 Å². The zero-order chi connectivity index (χ0) is 16.9. The number of carbonyl (C=O) groups excluding carboxylic acids is 1. The molecule has 6 nitrogen and oxygen atoms in total. The van der Waals surface area contributed by atoms with E-state index in [1.54, 1.807) is 18.2 Å².